The minimum absolute atomic E-state index is 0.389. The van der Waals surface area contributed by atoms with Crippen molar-refractivity contribution < 1.29 is 9.53 Å². The maximum absolute atomic E-state index is 12.2. The van der Waals surface area contributed by atoms with Crippen LogP contribution in [0.4, 0.5) is 0 Å². The topological polar surface area (TPSA) is 39.2 Å². The van der Waals surface area contributed by atoms with E-state index >= 15 is 0 Å². The van der Waals surface area contributed by atoms with Crippen LogP contribution in [-0.2, 0) is 4.74 Å². The van der Waals surface area contributed by atoms with Gasteiger partial charge in [-0.05, 0) is 45.0 Å². The van der Waals surface area contributed by atoms with E-state index in [1.54, 1.807) is 24.4 Å². The van der Waals surface area contributed by atoms with Crippen LogP contribution in [0.25, 0.3) is 10.9 Å². The first-order valence-electron chi connectivity index (χ1n) is 6.00. The fraction of sp³-hybridized carbons (Fsp3) is 0.250. The van der Waals surface area contributed by atoms with Crippen molar-refractivity contribution in [2.45, 2.75) is 26.4 Å². The Kier molecular flexibility index (Phi) is 3.26. The molecule has 0 N–H and O–H groups in total. The molecule has 96 valence electrons. The lowest BCUT2D eigenvalue weighted by atomic mass is 10.0. The van der Waals surface area contributed by atoms with Crippen LogP contribution >= 0.6 is 0 Å². The molecule has 2 rings (SSSR count). The number of carbonyl (C=O) groups excluding carboxylic acids is 1. The van der Waals surface area contributed by atoms with Crippen LogP contribution in [0.1, 0.15) is 36.7 Å². The molecular weight excluding hydrogens is 238 g/mol. The maximum Gasteiger partial charge on any atom is 0.340 e. The summed E-state index contributed by atoms with van der Waals surface area (Å²) in [5.41, 5.74) is 1.19. The molecule has 1 aromatic carbocycles. The van der Waals surface area contributed by atoms with E-state index in [1.807, 2.05) is 26.8 Å². The summed E-state index contributed by atoms with van der Waals surface area (Å²) in [6.07, 6.45) is 7.09. The molecule has 0 aliphatic carbocycles. The van der Waals surface area contributed by atoms with E-state index in [0.29, 0.717) is 11.1 Å². The molecule has 3 nitrogen and oxygen atoms in total. The summed E-state index contributed by atoms with van der Waals surface area (Å²) >= 11 is 0. The summed E-state index contributed by atoms with van der Waals surface area (Å²) < 4.78 is 5.37. The van der Waals surface area contributed by atoms with Crippen LogP contribution < -0.4 is 0 Å². The zero-order valence-corrected chi connectivity index (χ0v) is 11.2. The second kappa shape index (κ2) is 4.74. The Labute approximate surface area is 112 Å². The number of rotatable bonds is 1. The Hall–Kier alpha value is -2.34. The number of nitrogens with zero attached hydrogens (tertiary/aromatic N) is 1. The number of aromatic nitrogens is 1. The summed E-state index contributed by atoms with van der Waals surface area (Å²) in [5, 5.41) is 0.786. The van der Waals surface area contributed by atoms with Crippen molar-refractivity contribution in [1.29, 1.82) is 0 Å². The smallest absolute Gasteiger partial charge is 0.340 e. The Balaban J connectivity index is 2.57. The molecule has 1 aromatic heterocycles. The third-order valence-corrected chi connectivity index (χ3v) is 2.54. The van der Waals surface area contributed by atoms with Gasteiger partial charge in [0.05, 0.1) is 11.1 Å². The normalized spacial score (nSPS) is 11.1. The first-order chi connectivity index (χ1) is 8.92. The summed E-state index contributed by atoms with van der Waals surface area (Å²) in [7, 11) is 0. The van der Waals surface area contributed by atoms with Gasteiger partial charge in [-0.1, -0.05) is 5.92 Å². The highest BCUT2D eigenvalue weighted by Crippen LogP contribution is 2.22. The van der Waals surface area contributed by atoms with Crippen LogP contribution in [0, 0.1) is 12.3 Å². The van der Waals surface area contributed by atoms with Gasteiger partial charge in [-0.15, -0.1) is 6.42 Å². The zero-order valence-electron chi connectivity index (χ0n) is 11.2. The Morgan fingerprint density at radius 3 is 2.68 bits per heavy atom. The Bertz CT molecular complexity index is 675. The van der Waals surface area contributed by atoms with Gasteiger partial charge in [0.25, 0.3) is 0 Å². The second-order valence-electron chi connectivity index (χ2n) is 5.21. The minimum Gasteiger partial charge on any atom is -0.456 e. The number of esters is 1. The highest BCUT2D eigenvalue weighted by molar-refractivity contribution is 6.04. The van der Waals surface area contributed by atoms with Gasteiger partial charge in [0.1, 0.15) is 5.60 Å². The van der Waals surface area contributed by atoms with E-state index < -0.39 is 5.60 Å². The third-order valence-electron chi connectivity index (χ3n) is 2.54. The molecule has 2 aromatic rings. The molecule has 1 heterocycles. The first-order valence-corrected chi connectivity index (χ1v) is 6.00. The monoisotopic (exact) mass is 253 g/mol. The standard InChI is InChI=1S/C16H15NO2/c1-5-11-8-9-13(15(18)19-16(2,3)4)14-12(11)7-6-10-17-14/h1,6-10H,2-4H3. The van der Waals surface area contributed by atoms with E-state index in [1.165, 1.54) is 0 Å². The molecule has 0 atom stereocenters. The lowest BCUT2D eigenvalue weighted by Crippen LogP contribution is -2.24. The number of ether oxygens (including phenoxy) is 1. The van der Waals surface area contributed by atoms with E-state index in [-0.39, 0.29) is 5.97 Å². The SMILES string of the molecule is C#Cc1ccc(C(=O)OC(C)(C)C)c2ncccc12. The Morgan fingerprint density at radius 2 is 2.05 bits per heavy atom. The highest BCUT2D eigenvalue weighted by Gasteiger charge is 2.20. The van der Waals surface area contributed by atoms with Crippen molar-refractivity contribution in [1.82, 2.24) is 4.98 Å². The average Bonchev–Trinajstić information content (AvgIpc) is 2.35. The number of fused-ring (bicyclic) bond motifs is 1. The van der Waals surface area contributed by atoms with Crippen molar-refractivity contribution >= 4 is 16.9 Å². The molecule has 0 bridgehead atoms. The van der Waals surface area contributed by atoms with Gasteiger partial charge in [0.2, 0.25) is 0 Å². The number of hydrogen-bond acceptors (Lipinski definition) is 3. The lowest BCUT2D eigenvalue weighted by molar-refractivity contribution is 0.00716. The molecule has 0 saturated heterocycles. The van der Waals surface area contributed by atoms with Gasteiger partial charge >= 0.3 is 5.97 Å². The van der Waals surface area contributed by atoms with Gasteiger partial charge in [0.15, 0.2) is 0 Å². The first kappa shape index (κ1) is 13.1. The van der Waals surface area contributed by atoms with Crippen molar-refractivity contribution in [3.05, 3.63) is 41.6 Å². The molecule has 0 amide bonds. The third kappa shape index (κ3) is 2.74. The quantitative estimate of drug-likeness (QED) is 0.579. The molecule has 0 aliphatic rings. The van der Waals surface area contributed by atoms with Gasteiger partial charge in [-0.25, -0.2) is 4.79 Å². The molecule has 0 unspecified atom stereocenters. The van der Waals surface area contributed by atoms with Crippen LogP contribution in [0.2, 0.25) is 0 Å². The highest BCUT2D eigenvalue weighted by atomic mass is 16.6. The van der Waals surface area contributed by atoms with Crippen molar-refractivity contribution in [3.63, 3.8) is 0 Å². The predicted octanol–water partition coefficient (Wildman–Crippen LogP) is 3.17. The molecule has 0 aliphatic heterocycles. The van der Waals surface area contributed by atoms with Crippen LogP contribution in [0.5, 0.6) is 0 Å². The molecular formula is C16H15NO2. The summed E-state index contributed by atoms with van der Waals surface area (Å²) in [6.45, 7) is 5.49. The van der Waals surface area contributed by atoms with Crippen LogP contribution in [0.15, 0.2) is 30.5 Å². The molecule has 3 heteroatoms. The van der Waals surface area contributed by atoms with Crippen molar-refractivity contribution in [2.24, 2.45) is 0 Å². The number of hydrogen-bond donors (Lipinski definition) is 0. The second-order valence-corrected chi connectivity index (χ2v) is 5.21. The fourth-order valence-corrected chi connectivity index (χ4v) is 1.80. The molecule has 0 saturated carbocycles. The van der Waals surface area contributed by atoms with Crippen LogP contribution in [-0.4, -0.2) is 16.6 Å². The van der Waals surface area contributed by atoms with Crippen LogP contribution in [0.3, 0.4) is 0 Å². The summed E-state index contributed by atoms with van der Waals surface area (Å²) in [4.78, 5) is 16.4. The number of carbonyl (C=O) groups is 1. The van der Waals surface area contributed by atoms with Gasteiger partial charge in [0, 0.05) is 17.1 Å². The number of benzene rings is 1. The summed E-state index contributed by atoms with van der Waals surface area (Å²) in [6, 6.07) is 7.05. The fourth-order valence-electron chi connectivity index (χ4n) is 1.80. The predicted molar refractivity (Wildman–Crippen MR) is 74.8 cm³/mol. The maximum atomic E-state index is 12.2. The molecule has 19 heavy (non-hydrogen) atoms. The van der Waals surface area contributed by atoms with Gasteiger partial charge in [-0.3, -0.25) is 4.98 Å². The Morgan fingerprint density at radius 1 is 1.32 bits per heavy atom. The number of pyridine rings is 1. The molecule has 0 spiro atoms. The van der Waals surface area contributed by atoms with E-state index in [0.717, 1.165) is 10.9 Å². The van der Waals surface area contributed by atoms with Crippen molar-refractivity contribution in [3.8, 4) is 12.3 Å². The summed E-state index contributed by atoms with van der Waals surface area (Å²) in [5.74, 6) is 2.20. The van der Waals surface area contributed by atoms with E-state index in [4.69, 9.17) is 11.2 Å². The van der Waals surface area contributed by atoms with Crippen molar-refractivity contribution in [2.75, 3.05) is 0 Å². The molecule has 0 fully saturated rings. The lowest BCUT2D eigenvalue weighted by Gasteiger charge is -2.20. The van der Waals surface area contributed by atoms with E-state index in [9.17, 15) is 4.79 Å². The van der Waals surface area contributed by atoms with Gasteiger partial charge in [-0.2, -0.15) is 0 Å². The largest absolute Gasteiger partial charge is 0.456 e. The average molecular weight is 253 g/mol. The number of terminal acetylenes is 1. The van der Waals surface area contributed by atoms with Gasteiger partial charge < -0.3 is 4.74 Å². The molecule has 0 radical (unpaired) electrons. The zero-order chi connectivity index (χ0) is 14.0. The van der Waals surface area contributed by atoms with E-state index in [2.05, 4.69) is 10.9 Å². The minimum atomic E-state index is -0.539.